The second-order valence-corrected chi connectivity index (χ2v) is 17.9. The Morgan fingerprint density at radius 2 is 1.38 bits per heavy atom. The third kappa shape index (κ3) is 10.8. The number of anilines is 1. The molecule has 60 heavy (non-hydrogen) atoms. The number of hydrogen-bond acceptors (Lipinski definition) is 7. The van der Waals surface area contributed by atoms with E-state index in [1.165, 1.54) is 12.8 Å². The lowest BCUT2D eigenvalue weighted by Crippen LogP contribution is -2.27. The molecule has 0 saturated heterocycles. The van der Waals surface area contributed by atoms with Crippen molar-refractivity contribution in [2.75, 3.05) is 18.1 Å². The highest BCUT2D eigenvalue weighted by molar-refractivity contribution is 14.1. The summed E-state index contributed by atoms with van der Waals surface area (Å²) in [5.74, 6) is 0.893. The van der Waals surface area contributed by atoms with Crippen LogP contribution in [0.3, 0.4) is 0 Å². The molecular formula is C49H46Br2IN5O3. The molecule has 1 N–H and O–H groups in total. The van der Waals surface area contributed by atoms with Gasteiger partial charge < -0.3 is 14.7 Å². The predicted octanol–water partition coefficient (Wildman–Crippen LogP) is 16.2. The minimum Gasteiger partial charge on any atom is -0.506 e. The second-order valence-electron chi connectivity index (χ2n) is 15.0. The van der Waals surface area contributed by atoms with Gasteiger partial charge in [0.1, 0.15) is 17.2 Å². The number of hydrogen-bond donors (Lipinski definition) is 1. The molecule has 0 bridgehead atoms. The molecule has 1 aliphatic rings. The summed E-state index contributed by atoms with van der Waals surface area (Å²) in [6.07, 6.45) is 10.6. The summed E-state index contributed by atoms with van der Waals surface area (Å²) < 4.78 is 8.57. The van der Waals surface area contributed by atoms with Gasteiger partial charge in [0.2, 0.25) is 0 Å². The van der Waals surface area contributed by atoms with E-state index in [-0.39, 0.29) is 11.7 Å². The third-order valence-electron chi connectivity index (χ3n) is 10.6. The number of nitrogens with zero attached hydrogens (tertiary/aromatic N) is 5. The molecule has 0 aromatic heterocycles. The maximum Gasteiger partial charge on any atom is 0.258 e. The fraction of sp³-hybridized carbons (Fsp3) is 0.245. The molecule has 0 spiro atoms. The van der Waals surface area contributed by atoms with Gasteiger partial charge in [0.05, 0.1) is 38.3 Å². The molecule has 1 heterocycles. The normalized spacial score (nSPS) is 13.4. The van der Waals surface area contributed by atoms with E-state index in [1.54, 1.807) is 0 Å². The molecule has 306 valence electrons. The smallest absolute Gasteiger partial charge is 0.258 e. The summed E-state index contributed by atoms with van der Waals surface area (Å²) in [5.41, 5.74) is 8.57. The van der Waals surface area contributed by atoms with Crippen molar-refractivity contribution in [3.8, 4) is 11.5 Å². The lowest BCUT2D eigenvalue weighted by Gasteiger charge is -2.17. The van der Waals surface area contributed by atoms with Gasteiger partial charge in [0.15, 0.2) is 0 Å². The Bertz CT molecular complexity index is 2590. The number of carbonyl (C=O) groups excluding carboxylic acids is 1. The number of aromatic hydroxyl groups is 1. The van der Waals surface area contributed by atoms with E-state index in [4.69, 9.17) is 9.85 Å². The van der Waals surface area contributed by atoms with Crippen LogP contribution in [0.25, 0.3) is 22.4 Å². The second kappa shape index (κ2) is 20.7. The number of phenols is 1. The Hall–Kier alpha value is -4.72. The summed E-state index contributed by atoms with van der Waals surface area (Å²) in [7, 11) is 0. The van der Waals surface area contributed by atoms with Crippen molar-refractivity contribution in [2.45, 2.75) is 65.2 Å². The quantitative estimate of drug-likeness (QED) is 0.0426. The molecule has 1 aliphatic heterocycles. The summed E-state index contributed by atoms with van der Waals surface area (Å²) in [5, 5.41) is 30.5. The minimum atomic E-state index is 0.0205. The molecule has 7 rings (SSSR count). The van der Waals surface area contributed by atoms with Gasteiger partial charge in [0.25, 0.3) is 5.91 Å². The van der Waals surface area contributed by atoms with Crippen molar-refractivity contribution in [3.63, 3.8) is 0 Å². The predicted molar refractivity (Wildman–Crippen MR) is 260 cm³/mol. The maximum atomic E-state index is 13.7. The molecule has 0 saturated carbocycles. The highest BCUT2D eigenvalue weighted by atomic mass is 127. The van der Waals surface area contributed by atoms with Crippen LogP contribution in [0, 0.1) is 17.4 Å². The zero-order valence-corrected chi connectivity index (χ0v) is 39.0. The molecule has 0 radical (unpaired) electrons. The topological polar surface area (TPSA) is 99.2 Å². The van der Waals surface area contributed by atoms with Gasteiger partial charge in [-0.2, -0.15) is 15.3 Å². The van der Waals surface area contributed by atoms with Crippen molar-refractivity contribution in [2.24, 2.45) is 20.5 Å². The molecule has 6 aromatic rings. The fourth-order valence-electron chi connectivity index (χ4n) is 7.30. The first-order chi connectivity index (χ1) is 29.2. The Morgan fingerprint density at radius 3 is 2.15 bits per heavy atom. The molecule has 6 aromatic carbocycles. The lowest BCUT2D eigenvalue weighted by molar-refractivity contribution is -0.113. The van der Waals surface area contributed by atoms with E-state index in [2.05, 4.69) is 106 Å². The Balaban J connectivity index is 0.861. The number of azo groups is 2. The van der Waals surface area contributed by atoms with Crippen LogP contribution in [-0.4, -0.2) is 24.2 Å². The number of rotatable bonds is 17. The first kappa shape index (κ1) is 43.4. The number of halogens is 3. The highest BCUT2D eigenvalue weighted by Crippen LogP contribution is 2.41. The first-order valence-electron chi connectivity index (χ1n) is 20.3. The Kier molecular flexibility index (Phi) is 15.0. The average Bonchev–Trinajstić information content (AvgIpc) is 3.49. The molecule has 0 atom stereocenters. The number of amides is 1. The number of phenolic OH excluding ortho intramolecular Hbond substituents is 1. The van der Waals surface area contributed by atoms with E-state index >= 15 is 0 Å². The van der Waals surface area contributed by atoms with E-state index in [0.29, 0.717) is 27.7 Å². The van der Waals surface area contributed by atoms with Crippen molar-refractivity contribution in [1.82, 2.24) is 0 Å². The van der Waals surface area contributed by atoms with Crippen LogP contribution in [0.1, 0.15) is 73.6 Å². The fourth-order valence-corrected chi connectivity index (χ4v) is 9.01. The van der Waals surface area contributed by atoms with Gasteiger partial charge in [-0.15, -0.1) is 5.11 Å². The molecule has 0 aliphatic carbocycles. The van der Waals surface area contributed by atoms with E-state index in [0.717, 1.165) is 109 Å². The van der Waals surface area contributed by atoms with Crippen LogP contribution in [0.2, 0.25) is 0 Å². The third-order valence-corrected chi connectivity index (χ3v) is 12.5. The van der Waals surface area contributed by atoms with Crippen LogP contribution in [-0.2, 0) is 4.79 Å². The zero-order valence-electron chi connectivity index (χ0n) is 33.7. The van der Waals surface area contributed by atoms with Crippen LogP contribution < -0.4 is 9.64 Å². The van der Waals surface area contributed by atoms with Crippen LogP contribution in [0.5, 0.6) is 11.5 Å². The molecule has 0 fully saturated rings. The molecular weight excluding hydrogens is 993 g/mol. The van der Waals surface area contributed by atoms with Gasteiger partial charge in [-0.3, -0.25) is 4.79 Å². The van der Waals surface area contributed by atoms with Gasteiger partial charge in [-0.1, -0.05) is 87.1 Å². The minimum absolute atomic E-state index is 0.0205. The number of unbranched alkanes of at least 4 members (excludes halogenated alkanes) is 7. The monoisotopic (exact) mass is 1040 g/mol. The number of benzene rings is 6. The van der Waals surface area contributed by atoms with Crippen LogP contribution in [0.4, 0.5) is 28.4 Å². The van der Waals surface area contributed by atoms with Crippen molar-refractivity contribution >= 4 is 111 Å². The SMILES string of the molecule is Cc1ccccc1/N=N/c1ccc(/N=N/c2c(OCCCCCCCCCCN3C(=O)/C(=C\c4cc(Br)c(O)c(Br)c4)c4cc(I)ccc43)ccc3ccccc23)c(C)c1. The van der Waals surface area contributed by atoms with Crippen molar-refractivity contribution in [1.29, 1.82) is 0 Å². The average molecular weight is 1040 g/mol. The summed E-state index contributed by atoms with van der Waals surface area (Å²) in [6, 6.07) is 35.8. The van der Waals surface area contributed by atoms with E-state index in [9.17, 15) is 9.90 Å². The van der Waals surface area contributed by atoms with Gasteiger partial charge in [-0.05, 0) is 170 Å². The Labute approximate surface area is 382 Å². The van der Waals surface area contributed by atoms with Crippen LogP contribution >= 0.6 is 54.5 Å². The number of aryl methyl sites for hydroxylation is 2. The van der Waals surface area contributed by atoms with Crippen molar-refractivity contribution < 1.29 is 14.6 Å². The highest BCUT2D eigenvalue weighted by Gasteiger charge is 2.32. The standard InChI is InChI=1S/C49H46Br2IN5O3/c1-32-15-9-12-18-43(32)54-53-37-21-22-44(33(2)27-37)55-56-47-38-17-11-10-16-35(38)19-24-46(47)60-26-14-8-6-4-3-5-7-13-25-57-45-23-20-36(52)31-39(45)40(49(57)59)28-34-29-41(50)48(58)42(51)30-34/h9-12,15-24,27-31,58H,3-8,13-14,25-26H2,1-2H3/b40-28-,54-53+,56-55+. The van der Waals surface area contributed by atoms with Gasteiger partial charge >= 0.3 is 0 Å². The number of fused-ring (bicyclic) bond motifs is 2. The summed E-state index contributed by atoms with van der Waals surface area (Å²) in [6.45, 7) is 5.33. The molecule has 11 heteroatoms. The van der Waals surface area contributed by atoms with E-state index < -0.39 is 0 Å². The zero-order chi connectivity index (χ0) is 42.0. The summed E-state index contributed by atoms with van der Waals surface area (Å²) in [4.78, 5) is 15.6. The van der Waals surface area contributed by atoms with Crippen LogP contribution in [0.15, 0.2) is 139 Å². The van der Waals surface area contributed by atoms with Gasteiger partial charge in [-0.25, -0.2) is 0 Å². The number of ether oxygens (including phenoxy) is 1. The summed E-state index contributed by atoms with van der Waals surface area (Å²) >= 11 is 9.12. The number of carbonyl (C=O) groups is 1. The van der Waals surface area contributed by atoms with Gasteiger partial charge in [0, 0.05) is 26.6 Å². The first-order valence-corrected chi connectivity index (χ1v) is 23.0. The molecule has 8 nitrogen and oxygen atoms in total. The molecule has 1 amide bonds. The molecule has 0 unspecified atom stereocenters. The van der Waals surface area contributed by atoms with E-state index in [1.807, 2.05) is 97.6 Å². The largest absolute Gasteiger partial charge is 0.506 e. The Morgan fingerprint density at radius 1 is 0.700 bits per heavy atom. The maximum absolute atomic E-state index is 13.7. The van der Waals surface area contributed by atoms with Crippen molar-refractivity contribution in [3.05, 3.63) is 144 Å². The lowest BCUT2D eigenvalue weighted by atomic mass is 10.0.